The summed E-state index contributed by atoms with van der Waals surface area (Å²) in [6, 6.07) is 12.9. The van der Waals surface area contributed by atoms with Gasteiger partial charge in [-0.1, -0.05) is 24.3 Å². The molecule has 0 aromatic heterocycles. The van der Waals surface area contributed by atoms with Gasteiger partial charge in [0.15, 0.2) is 0 Å². The van der Waals surface area contributed by atoms with Gasteiger partial charge in [0.05, 0.1) is 0 Å². The van der Waals surface area contributed by atoms with E-state index in [2.05, 4.69) is 9.47 Å². The van der Waals surface area contributed by atoms with Gasteiger partial charge in [0.25, 0.3) is 0 Å². The first kappa shape index (κ1) is 13.4. The molecular formula is C14H10O6. The first-order valence-corrected chi connectivity index (χ1v) is 5.56. The van der Waals surface area contributed by atoms with E-state index < -0.39 is 12.3 Å². The van der Waals surface area contributed by atoms with Crippen LogP contribution in [0.2, 0.25) is 0 Å². The molecule has 2 N–H and O–H groups in total. The van der Waals surface area contributed by atoms with Crippen LogP contribution >= 0.6 is 0 Å². The van der Waals surface area contributed by atoms with Crippen molar-refractivity contribution in [3.63, 3.8) is 0 Å². The zero-order valence-corrected chi connectivity index (χ0v) is 10.1. The van der Waals surface area contributed by atoms with E-state index in [1.807, 2.05) is 0 Å². The van der Waals surface area contributed by atoms with Crippen molar-refractivity contribution in [3.05, 3.63) is 48.5 Å². The lowest BCUT2D eigenvalue weighted by Gasteiger charge is -2.06. The first-order chi connectivity index (χ1) is 9.54. The molecule has 0 unspecified atom stereocenters. The van der Waals surface area contributed by atoms with Crippen LogP contribution in [0.15, 0.2) is 48.5 Å². The van der Waals surface area contributed by atoms with E-state index in [4.69, 9.17) is 10.2 Å². The predicted octanol–water partition coefficient (Wildman–Crippen LogP) is 3.47. The summed E-state index contributed by atoms with van der Waals surface area (Å²) < 4.78 is 9.12. The lowest BCUT2D eigenvalue weighted by Crippen LogP contribution is -2.03. The van der Waals surface area contributed by atoms with Crippen LogP contribution in [0.4, 0.5) is 9.59 Å². The van der Waals surface area contributed by atoms with E-state index in [9.17, 15) is 9.59 Å². The fourth-order valence-electron chi connectivity index (χ4n) is 1.68. The molecule has 0 fully saturated rings. The van der Waals surface area contributed by atoms with Gasteiger partial charge in [0.2, 0.25) is 0 Å². The highest BCUT2D eigenvalue weighted by Gasteiger charge is 2.06. The van der Waals surface area contributed by atoms with E-state index in [0.29, 0.717) is 11.1 Å². The molecular weight excluding hydrogens is 264 g/mol. The minimum Gasteiger partial charge on any atom is -0.449 e. The summed E-state index contributed by atoms with van der Waals surface area (Å²) in [4.78, 5) is 21.0. The Hall–Kier alpha value is -3.02. The molecule has 0 aliphatic rings. The summed E-state index contributed by atoms with van der Waals surface area (Å²) in [6.45, 7) is 0. The fourth-order valence-corrected chi connectivity index (χ4v) is 1.68. The largest absolute Gasteiger partial charge is 0.511 e. The summed E-state index contributed by atoms with van der Waals surface area (Å²) in [5, 5.41) is 17.1. The van der Waals surface area contributed by atoms with Crippen molar-refractivity contribution in [1.29, 1.82) is 0 Å². The van der Waals surface area contributed by atoms with Crippen LogP contribution in [-0.4, -0.2) is 22.5 Å². The summed E-state index contributed by atoms with van der Waals surface area (Å²) in [7, 11) is 0. The highest BCUT2D eigenvalue weighted by atomic mass is 16.7. The molecule has 2 aromatic carbocycles. The lowest BCUT2D eigenvalue weighted by molar-refractivity contribution is 0.143. The number of ether oxygens (including phenoxy) is 2. The number of hydrogen-bond donors (Lipinski definition) is 2. The predicted molar refractivity (Wildman–Crippen MR) is 69.2 cm³/mol. The van der Waals surface area contributed by atoms with E-state index in [1.54, 1.807) is 24.3 Å². The molecule has 0 heterocycles. The van der Waals surface area contributed by atoms with Crippen molar-refractivity contribution < 1.29 is 29.3 Å². The normalized spacial score (nSPS) is 9.80. The summed E-state index contributed by atoms with van der Waals surface area (Å²) in [6.07, 6.45) is -2.80. The molecule has 20 heavy (non-hydrogen) atoms. The Labute approximate surface area is 113 Å². The second-order valence-electron chi connectivity index (χ2n) is 3.79. The molecule has 0 aliphatic heterocycles. The van der Waals surface area contributed by atoms with Gasteiger partial charge in [-0.3, -0.25) is 0 Å². The second kappa shape index (κ2) is 5.75. The molecule has 2 aromatic rings. The van der Waals surface area contributed by atoms with Gasteiger partial charge in [0.1, 0.15) is 11.5 Å². The molecule has 2 rings (SSSR count). The van der Waals surface area contributed by atoms with Gasteiger partial charge in [-0.05, 0) is 35.4 Å². The summed E-state index contributed by atoms with van der Waals surface area (Å²) >= 11 is 0. The maximum atomic E-state index is 10.5. The molecule has 0 amide bonds. The molecule has 0 aliphatic carbocycles. The average molecular weight is 274 g/mol. The number of carbonyl (C=O) groups is 2. The Kier molecular flexibility index (Phi) is 3.85. The maximum Gasteiger partial charge on any atom is 0.511 e. The van der Waals surface area contributed by atoms with Crippen LogP contribution in [0.25, 0.3) is 11.1 Å². The van der Waals surface area contributed by atoms with Crippen LogP contribution in [-0.2, 0) is 0 Å². The van der Waals surface area contributed by atoms with Gasteiger partial charge in [-0.25, -0.2) is 9.59 Å². The molecule has 0 saturated carbocycles. The van der Waals surface area contributed by atoms with Crippen molar-refractivity contribution in [3.8, 4) is 22.6 Å². The van der Waals surface area contributed by atoms with Gasteiger partial charge in [-0.2, -0.15) is 0 Å². The highest BCUT2D eigenvalue weighted by molar-refractivity contribution is 5.70. The third kappa shape index (κ3) is 3.49. The van der Waals surface area contributed by atoms with Crippen LogP contribution < -0.4 is 9.47 Å². The SMILES string of the molecule is O=C(O)Oc1cccc(-c2cccc(OC(=O)O)c2)c1. The molecule has 0 saturated heterocycles. The molecule has 6 heteroatoms. The standard InChI is InChI=1S/C14H10O6/c15-13(16)19-11-5-1-3-9(7-11)10-4-2-6-12(8-10)20-14(17)18/h1-8H,(H,15,16)(H,17,18). The molecule has 6 nitrogen and oxygen atoms in total. The van der Waals surface area contributed by atoms with Crippen molar-refractivity contribution in [2.24, 2.45) is 0 Å². The lowest BCUT2D eigenvalue weighted by atomic mass is 10.1. The molecule has 0 bridgehead atoms. The Morgan fingerprint density at radius 2 is 1.15 bits per heavy atom. The second-order valence-corrected chi connectivity index (χ2v) is 3.79. The highest BCUT2D eigenvalue weighted by Crippen LogP contribution is 2.27. The van der Waals surface area contributed by atoms with Gasteiger partial charge < -0.3 is 19.7 Å². The Bertz CT molecular complexity index is 592. The maximum absolute atomic E-state index is 10.5. The van der Waals surface area contributed by atoms with E-state index >= 15 is 0 Å². The summed E-state index contributed by atoms with van der Waals surface area (Å²) in [5.74, 6) is 0.360. The van der Waals surface area contributed by atoms with Crippen molar-refractivity contribution >= 4 is 12.3 Å². The third-order valence-corrected chi connectivity index (χ3v) is 2.41. The van der Waals surface area contributed by atoms with Gasteiger partial charge >= 0.3 is 12.3 Å². The monoisotopic (exact) mass is 274 g/mol. The summed E-state index contributed by atoms with van der Waals surface area (Å²) in [5.41, 5.74) is 1.36. The smallest absolute Gasteiger partial charge is 0.449 e. The van der Waals surface area contributed by atoms with E-state index in [-0.39, 0.29) is 11.5 Å². The Morgan fingerprint density at radius 3 is 1.50 bits per heavy atom. The fraction of sp³-hybridized carbons (Fsp3) is 0. The quantitative estimate of drug-likeness (QED) is 0.657. The van der Waals surface area contributed by atoms with Crippen molar-refractivity contribution in [1.82, 2.24) is 0 Å². The topological polar surface area (TPSA) is 93.1 Å². The number of hydrogen-bond acceptors (Lipinski definition) is 4. The number of rotatable bonds is 3. The molecule has 0 atom stereocenters. The van der Waals surface area contributed by atoms with Crippen LogP contribution in [0.3, 0.4) is 0 Å². The zero-order valence-electron chi connectivity index (χ0n) is 10.1. The third-order valence-electron chi connectivity index (χ3n) is 2.41. The zero-order chi connectivity index (χ0) is 14.5. The first-order valence-electron chi connectivity index (χ1n) is 5.56. The molecule has 0 spiro atoms. The number of carboxylic acid groups (broad SMARTS) is 2. The number of benzene rings is 2. The Balaban J connectivity index is 2.31. The van der Waals surface area contributed by atoms with Gasteiger partial charge in [-0.15, -0.1) is 0 Å². The van der Waals surface area contributed by atoms with E-state index in [1.165, 1.54) is 24.3 Å². The molecule has 0 radical (unpaired) electrons. The Morgan fingerprint density at radius 1 is 0.750 bits per heavy atom. The minimum atomic E-state index is -1.40. The van der Waals surface area contributed by atoms with Crippen LogP contribution in [0.1, 0.15) is 0 Å². The average Bonchev–Trinajstić information content (AvgIpc) is 2.38. The van der Waals surface area contributed by atoms with Crippen LogP contribution in [0, 0.1) is 0 Å². The van der Waals surface area contributed by atoms with Gasteiger partial charge in [0, 0.05) is 0 Å². The molecule has 102 valence electrons. The van der Waals surface area contributed by atoms with E-state index in [0.717, 1.165) is 0 Å². The van der Waals surface area contributed by atoms with Crippen LogP contribution in [0.5, 0.6) is 11.5 Å². The van der Waals surface area contributed by atoms with Crippen molar-refractivity contribution in [2.45, 2.75) is 0 Å². The minimum absolute atomic E-state index is 0.180. The van der Waals surface area contributed by atoms with Crippen molar-refractivity contribution in [2.75, 3.05) is 0 Å².